The normalized spacial score (nSPS) is 23.0. The van der Waals surface area contributed by atoms with Crippen LogP contribution in [0.4, 0.5) is 0 Å². The number of hydrogen-bond acceptors (Lipinski definition) is 15. The third-order valence-electron chi connectivity index (χ3n) is 13.7. The van der Waals surface area contributed by atoms with E-state index in [2.05, 4.69) is 42.1 Å². The number of benzene rings is 2. The minimum absolute atomic E-state index is 0.173. The van der Waals surface area contributed by atoms with E-state index in [1.165, 1.54) is 27.6 Å². The van der Waals surface area contributed by atoms with Gasteiger partial charge in [-0.25, -0.2) is 0 Å². The van der Waals surface area contributed by atoms with Gasteiger partial charge >= 0.3 is 0 Å². The maximum atomic E-state index is 14.4. The highest BCUT2D eigenvalue weighted by atomic mass is 35.5. The predicted molar refractivity (Wildman–Crippen MR) is 297 cm³/mol. The maximum Gasteiger partial charge on any atom is 0.247 e. The first-order valence-corrected chi connectivity index (χ1v) is 28.3. The van der Waals surface area contributed by atoms with Crippen molar-refractivity contribution in [2.75, 3.05) is 31.1 Å². The summed E-state index contributed by atoms with van der Waals surface area (Å²) in [6, 6.07) is 8.26. The van der Waals surface area contributed by atoms with Crippen molar-refractivity contribution in [2.24, 2.45) is 16.1 Å². The molecule has 0 spiro atoms. The lowest BCUT2D eigenvalue weighted by Crippen LogP contribution is -2.58. The van der Waals surface area contributed by atoms with E-state index >= 15 is 0 Å². The number of nitrogens with two attached hydrogens (primary N) is 1. The predicted octanol–water partition coefficient (Wildman–Crippen LogP) is 3.01. The highest BCUT2D eigenvalue weighted by Crippen LogP contribution is 2.40. The molecule has 2 aromatic carbocycles. The molecule has 7 atom stereocenters. The SMILES string of the molecule is Cc1ccsc1-c1ccc([C@H]2NC(=O)[C@@H]3C[C@@H](O)CN3C(=O)[C@H](C(C)(C)C)NC(=O)CSC[C@H](C(N)=O)NC(=O)[C@H](CNC(=O)C[C@@H]3N=C(c4ccc(Cl)cc4)c4c(sc(C)c4C)-n4c(C)nnc43)NC(=O)CNC2=O)cc1. The Bertz CT molecular complexity index is 3190. The summed E-state index contributed by atoms with van der Waals surface area (Å²) < 4.78 is 1.88. The first kappa shape index (κ1) is 57.2. The Kier molecular flexibility index (Phi) is 17.6. The average Bonchev–Trinajstić information content (AvgIpc) is 4.24. The van der Waals surface area contributed by atoms with Crippen molar-refractivity contribution in [2.45, 2.75) is 104 Å². The highest BCUT2D eigenvalue weighted by Gasteiger charge is 2.45. The summed E-state index contributed by atoms with van der Waals surface area (Å²) in [4.78, 5) is 120. The molecule has 3 aliphatic rings. The van der Waals surface area contributed by atoms with Crippen molar-refractivity contribution in [3.05, 3.63) is 109 Å². The molecular weight excluding hydrogens is 1080 g/mol. The zero-order chi connectivity index (χ0) is 56.3. The van der Waals surface area contributed by atoms with Gasteiger partial charge in [-0.15, -0.1) is 44.6 Å². The van der Waals surface area contributed by atoms with Crippen molar-refractivity contribution in [3.8, 4) is 15.4 Å². The van der Waals surface area contributed by atoms with Gasteiger partial charge in [-0.05, 0) is 78.9 Å². The van der Waals surface area contributed by atoms with Crippen LogP contribution in [-0.4, -0.2) is 139 Å². The molecule has 9 N–H and O–H groups in total. The Hall–Kier alpha value is -6.99. The number of nitrogens with zero attached hydrogens (tertiary/aromatic N) is 5. The number of nitrogens with one attached hydrogen (secondary N) is 6. The number of hydrogen-bond donors (Lipinski definition) is 8. The summed E-state index contributed by atoms with van der Waals surface area (Å²) in [5, 5.41) is 38.9. The number of aliphatic hydroxyl groups excluding tert-OH is 1. The molecule has 8 rings (SSSR count). The molecule has 412 valence electrons. The Labute approximate surface area is 467 Å². The van der Waals surface area contributed by atoms with Gasteiger partial charge in [-0.1, -0.05) is 68.8 Å². The van der Waals surface area contributed by atoms with Crippen LogP contribution in [0.1, 0.15) is 90.0 Å². The van der Waals surface area contributed by atoms with Gasteiger partial charge in [-0.2, -0.15) is 0 Å². The molecule has 21 nitrogen and oxygen atoms in total. The molecule has 78 heavy (non-hydrogen) atoms. The molecule has 3 aliphatic heterocycles. The van der Waals surface area contributed by atoms with Crippen LogP contribution in [0.2, 0.25) is 5.02 Å². The van der Waals surface area contributed by atoms with Crippen LogP contribution in [0.25, 0.3) is 15.4 Å². The number of rotatable bonds is 8. The van der Waals surface area contributed by atoms with Gasteiger partial charge in [0.25, 0.3) is 0 Å². The fourth-order valence-corrected chi connectivity index (χ4v) is 12.6. The Balaban J connectivity index is 1.08. The fraction of sp³-hybridized carbons (Fsp3) is 0.415. The second kappa shape index (κ2) is 23.9. The average molecular weight is 1140 g/mol. The lowest BCUT2D eigenvalue weighted by molar-refractivity contribution is -0.144. The van der Waals surface area contributed by atoms with Gasteiger partial charge in [0.1, 0.15) is 47.1 Å². The van der Waals surface area contributed by atoms with Gasteiger partial charge in [0.15, 0.2) is 5.82 Å². The van der Waals surface area contributed by atoms with Crippen molar-refractivity contribution in [1.82, 2.24) is 51.6 Å². The van der Waals surface area contributed by atoms with Gasteiger partial charge < -0.3 is 47.6 Å². The van der Waals surface area contributed by atoms with Crippen LogP contribution in [0, 0.1) is 33.1 Å². The van der Waals surface area contributed by atoms with Crippen molar-refractivity contribution < 1.29 is 43.5 Å². The monoisotopic (exact) mass is 1140 g/mol. The molecule has 0 saturated carbocycles. The molecule has 0 unspecified atom stereocenters. The molecule has 5 aromatic rings. The van der Waals surface area contributed by atoms with E-state index < -0.39 is 108 Å². The lowest BCUT2D eigenvalue weighted by atomic mass is 9.85. The minimum atomic E-state index is -1.57. The quantitative estimate of drug-likeness (QED) is 0.111. The minimum Gasteiger partial charge on any atom is -0.391 e. The number of carbonyl (C=O) groups excluding carboxylic acids is 8. The molecule has 3 aromatic heterocycles. The number of aliphatic imine (C=N–C) groups is 1. The van der Waals surface area contributed by atoms with E-state index in [1.54, 1.807) is 64.1 Å². The Morgan fingerprint density at radius 2 is 1.58 bits per heavy atom. The second-order valence-electron chi connectivity index (χ2n) is 20.5. The van der Waals surface area contributed by atoms with E-state index in [0.29, 0.717) is 27.9 Å². The van der Waals surface area contributed by atoms with Crippen LogP contribution in [0.15, 0.2) is 65.0 Å². The van der Waals surface area contributed by atoms with E-state index in [-0.39, 0.29) is 30.9 Å². The number of aryl methyl sites for hydroxylation is 3. The molecule has 0 radical (unpaired) electrons. The zero-order valence-corrected chi connectivity index (χ0v) is 47.1. The number of thioether (sulfide) groups is 1. The third-order valence-corrected chi connectivity index (χ3v) is 17.2. The molecule has 0 aliphatic carbocycles. The number of thiophene rings is 2. The molecule has 8 amide bonds. The second-order valence-corrected chi connectivity index (χ2v) is 24.1. The smallest absolute Gasteiger partial charge is 0.247 e. The van der Waals surface area contributed by atoms with E-state index in [4.69, 9.17) is 22.3 Å². The number of aliphatic hydroxyl groups is 1. The lowest BCUT2D eigenvalue weighted by Gasteiger charge is -2.35. The summed E-state index contributed by atoms with van der Waals surface area (Å²) in [7, 11) is 0. The summed E-state index contributed by atoms with van der Waals surface area (Å²) in [6.45, 7) is 11.4. The number of primary amides is 1. The largest absolute Gasteiger partial charge is 0.391 e. The number of carbonyl (C=O) groups is 8. The maximum absolute atomic E-state index is 14.4. The van der Waals surface area contributed by atoms with Gasteiger partial charge in [0.05, 0.1) is 30.5 Å². The highest BCUT2D eigenvalue weighted by molar-refractivity contribution is 8.00. The van der Waals surface area contributed by atoms with Gasteiger partial charge in [-0.3, -0.25) is 47.9 Å². The van der Waals surface area contributed by atoms with E-state index in [1.807, 2.05) is 48.9 Å². The van der Waals surface area contributed by atoms with Crippen LogP contribution < -0.4 is 37.6 Å². The first-order chi connectivity index (χ1) is 37.0. The molecule has 6 heterocycles. The van der Waals surface area contributed by atoms with Gasteiger partial charge in [0, 0.05) is 51.2 Å². The van der Waals surface area contributed by atoms with E-state index in [9.17, 15) is 43.5 Å². The number of fused-ring (bicyclic) bond motifs is 4. The first-order valence-electron chi connectivity index (χ1n) is 25.1. The van der Waals surface area contributed by atoms with Gasteiger partial charge in [0.2, 0.25) is 47.3 Å². The van der Waals surface area contributed by atoms with Crippen LogP contribution in [0.5, 0.6) is 0 Å². The summed E-state index contributed by atoms with van der Waals surface area (Å²) in [5.74, 6) is -5.86. The molecule has 25 heteroatoms. The molecular formula is C53H61ClN12O9S3. The van der Waals surface area contributed by atoms with Crippen LogP contribution in [0.3, 0.4) is 0 Å². The van der Waals surface area contributed by atoms with Crippen LogP contribution >= 0.6 is 46.0 Å². The summed E-state index contributed by atoms with van der Waals surface area (Å²) in [6.07, 6.45) is -1.57. The molecule has 2 fully saturated rings. The van der Waals surface area contributed by atoms with E-state index in [0.717, 1.165) is 54.3 Å². The third kappa shape index (κ3) is 12.8. The van der Waals surface area contributed by atoms with Crippen LogP contribution in [-0.2, 0) is 38.4 Å². The van der Waals surface area contributed by atoms with Crippen molar-refractivity contribution in [1.29, 1.82) is 0 Å². The van der Waals surface area contributed by atoms with Crippen molar-refractivity contribution in [3.63, 3.8) is 0 Å². The van der Waals surface area contributed by atoms with Crippen molar-refractivity contribution >= 4 is 99.0 Å². The zero-order valence-electron chi connectivity index (χ0n) is 43.9. The summed E-state index contributed by atoms with van der Waals surface area (Å²) >= 11 is 10.3. The number of amides is 8. The Morgan fingerprint density at radius 3 is 2.24 bits per heavy atom. The summed E-state index contributed by atoms with van der Waals surface area (Å²) in [5.41, 5.74) is 10.2. The topological polar surface area (TPSA) is 301 Å². The number of halogens is 1. The fourth-order valence-electron chi connectivity index (χ4n) is 9.41. The molecule has 0 bridgehead atoms. The Morgan fingerprint density at radius 1 is 0.872 bits per heavy atom. The molecule has 2 saturated heterocycles. The number of aromatic nitrogens is 3. The standard InChI is InChI=1S/C53H61ClN12O9S3/c1-25-16-17-77-44(25)31-10-8-30(9-11-31)43-50(74)57-21-39(69)58-35(48(72)60-36(46(55)71)23-76-24-40(70)61-45(53(5,6)7)51(75)65-22-33(67)18-37(65)49(73)62-43)20-56-38(68)19-34-47-64-63-28(4)66(47)52-41(26(2)27(3)78-52)42(59-34)29-12-14-32(54)15-13-29/h8-17,33-37,43,45,67H,18-24H2,1-7H3,(H2,55,71)(H,56,68)(H,57,74)(H,58,69)(H,60,72)(H,61,70)(H,62,73)/t33-,34+,35+,36-,37+,43-,45-/m1/s1.